The van der Waals surface area contributed by atoms with Gasteiger partial charge in [-0.05, 0) is 18.3 Å². The van der Waals surface area contributed by atoms with Crippen molar-refractivity contribution in [2.75, 3.05) is 13.6 Å². The third kappa shape index (κ3) is 4.44. The fourth-order valence-electron chi connectivity index (χ4n) is 2.77. The van der Waals surface area contributed by atoms with Crippen LogP contribution in [0.25, 0.3) is 0 Å². The van der Waals surface area contributed by atoms with Crippen LogP contribution in [0.2, 0.25) is 5.31 Å². The maximum absolute atomic E-state index is 6.33. The summed E-state index contributed by atoms with van der Waals surface area (Å²) in [6.45, 7) is 5.65. The van der Waals surface area contributed by atoms with Gasteiger partial charge in [0.05, 0.1) is 13.3 Å². The van der Waals surface area contributed by atoms with E-state index < -0.39 is 0 Å². The van der Waals surface area contributed by atoms with Crippen molar-refractivity contribution >= 4 is 25.6 Å². The highest BCUT2D eigenvalue weighted by atomic mass is 32.1. The molecule has 90 valence electrons. The van der Waals surface area contributed by atoms with Crippen LogP contribution in [-0.2, 0) is 0 Å². The number of hydrogen-bond donors (Lipinski definition) is 0. The summed E-state index contributed by atoms with van der Waals surface area (Å²) in [6.07, 6.45) is 6.18. The minimum Gasteiger partial charge on any atom is -0.372 e. The van der Waals surface area contributed by atoms with Gasteiger partial charge >= 0.3 is 0 Å². The van der Waals surface area contributed by atoms with Crippen molar-refractivity contribution in [3.05, 3.63) is 0 Å². The summed E-state index contributed by atoms with van der Waals surface area (Å²) in [5, 5.41) is 0.0473. The molecule has 0 aromatic rings. The van der Waals surface area contributed by atoms with Crippen molar-refractivity contribution in [3.8, 4) is 0 Å². The molecule has 0 bridgehead atoms. The summed E-state index contributed by atoms with van der Waals surface area (Å²) in [5.41, 5.74) is 1.74. The Hall–Kier alpha value is -0.0451. The second-order valence-electron chi connectivity index (χ2n) is 5.86. The lowest BCUT2D eigenvalue weighted by atomic mass is 9.63. The zero-order valence-electron chi connectivity index (χ0n) is 10.9. The molecule has 16 heavy (non-hydrogen) atoms. The number of hydrogen-bond acceptors (Lipinski definition) is 1. The van der Waals surface area contributed by atoms with Crippen molar-refractivity contribution in [3.63, 3.8) is 0 Å². The third-order valence-electron chi connectivity index (χ3n) is 3.97. The van der Waals surface area contributed by atoms with Crippen molar-refractivity contribution in [1.82, 2.24) is 4.90 Å². The summed E-state index contributed by atoms with van der Waals surface area (Å²) in [7, 11) is 8.38. The Bertz CT molecular complexity index is 230. The van der Waals surface area contributed by atoms with Gasteiger partial charge in [-0.15, -0.1) is 0 Å². The molecule has 1 nitrogen and oxygen atoms in total. The molecule has 0 aliphatic heterocycles. The van der Waals surface area contributed by atoms with Crippen LogP contribution in [0.15, 0.2) is 0 Å². The van der Waals surface area contributed by atoms with E-state index in [1.54, 1.807) is 5.49 Å². The highest BCUT2D eigenvalue weighted by Crippen LogP contribution is 2.43. The average molecular weight is 237 g/mol. The highest BCUT2D eigenvalue weighted by Gasteiger charge is 2.29. The molecule has 0 saturated heterocycles. The average Bonchev–Trinajstić information content (AvgIpc) is 2.34. The Morgan fingerprint density at radius 3 is 2.88 bits per heavy atom. The molecule has 3 unspecified atom stereocenters. The summed E-state index contributed by atoms with van der Waals surface area (Å²) < 4.78 is 0. The standard InChI is InChI=1S/C13H24BNS/c1-11-5-4-7-13(2,14)9-12(11)6-8-15(3)10-16/h10-12H,4-9H2,1-3H3. The zero-order valence-corrected chi connectivity index (χ0v) is 11.7. The van der Waals surface area contributed by atoms with E-state index in [2.05, 4.69) is 25.8 Å². The fraction of sp³-hybridized carbons (Fsp3) is 0.923. The van der Waals surface area contributed by atoms with Crippen LogP contribution in [0.4, 0.5) is 0 Å². The number of nitrogens with zero attached hydrogens (tertiary/aromatic N) is 1. The lowest BCUT2D eigenvalue weighted by molar-refractivity contribution is 0.280. The molecule has 3 heteroatoms. The van der Waals surface area contributed by atoms with Crippen molar-refractivity contribution in [2.24, 2.45) is 11.8 Å². The molecule has 0 aromatic heterocycles. The van der Waals surface area contributed by atoms with Crippen molar-refractivity contribution in [1.29, 1.82) is 0 Å². The molecule has 0 aromatic carbocycles. The van der Waals surface area contributed by atoms with E-state index in [1.165, 1.54) is 32.1 Å². The molecule has 1 fully saturated rings. The van der Waals surface area contributed by atoms with E-state index >= 15 is 0 Å². The van der Waals surface area contributed by atoms with E-state index in [0.29, 0.717) is 0 Å². The van der Waals surface area contributed by atoms with Gasteiger partial charge < -0.3 is 4.90 Å². The molecule has 1 saturated carbocycles. The minimum atomic E-state index is 0.0473. The van der Waals surface area contributed by atoms with Crippen LogP contribution in [-0.4, -0.2) is 31.8 Å². The first-order valence-electron chi connectivity index (χ1n) is 6.39. The number of thiocarbonyl (C=S) groups is 1. The highest BCUT2D eigenvalue weighted by molar-refractivity contribution is 7.78. The van der Waals surface area contributed by atoms with E-state index in [9.17, 15) is 0 Å². The monoisotopic (exact) mass is 237 g/mol. The van der Waals surface area contributed by atoms with Gasteiger partial charge in [0.15, 0.2) is 0 Å². The molecule has 2 radical (unpaired) electrons. The molecule has 1 aliphatic carbocycles. The first-order valence-corrected chi connectivity index (χ1v) is 6.86. The van der Waals surface area contributed by atoms with E-state index in [-0.39, 0.29) is 5.31 Å². The first-order chi connectivity index (χ1) is 7.44. The predicted octanol–water partition coefficient (Wildman–Crippen LogP) is 3.44. The maximum atomic E-state index is 6.33. The molecule has 1 aliphatic rings. The van der Waals surface area contributed by atoms with Gasteiger partial charge in [0.1, 0.15) is 0 Å². The van der Waals surface area contributed by atoms with Crippen LogP contribution in [0, 0.1) is 11.8 Å². The van der Waals surface area contributed by atoms with Gasteiger partial charge in [-0.1, -0.05) is 57.1 Å². The topological polar surface area (TPSA) is 3.24 Å². The summed E-state index contributed by atoms with van der Waals surface area (Å²) in [6, 6.07) is 0. The largest absolute Gasteiger partial charge is 0.372 e. The van der Waals surface area contributed by atoms with Crippen LogP contribution in [0.3, 0.4) is 0 Å². The SMILES string of the molecule is [B]C1(C)CCCC(C)C(CCN(C)C=S)C1. The van der Waals surface area contributed by atoms with Crippen LogP contribution >= 0.6 is 12.2 Å². The molecule has 1 rings (SSSR count). The lowest BCUT2D eigenvalue weighted by Crippen LogP contribution is -2.23. The van der Waals surface area contributed by atoms with E-state index in [0.717, 1.165) is 18.4 Å². The molecular weight excluding hydrogens is 213 g/mol. The van der Waals surface area contributed by atoms with Crippen molar-refractivity contribution in [2.45, 2.75) is 51.3 Å². The quantitative estimate of drug-likeness (QED) is 0.418. The van der Waals surface area contributed by atoms with Crippen molar-refractivity contribution < 1.29 is 0 Å². The maximum Gasteiger partial charge on any atom is 0.0742 e. The fourth-order valence-corrected chi connectivity index (χ4v) is 2.88. The number of rotatable bonds is 4. The summed E-state index contributed by atoms with van der Waals surface area (Å²) in [4.78, 5) is 2.10. The van der Waals surface area contributed by atoms with Crippen LogP contribution in [0.5, 0.6) is 0 Å². The third-order valence-corrected chi connectivity index (χ3v) is 4.33. The lowest BCUT2D eigenvalue weighted by Gasteiger charge is -2.30. The Kier molecular flexibility index (Phi) is 5.29. The second-order valence-corrected chi connectivity index (χ2v) is 6.07. The van der Waals surface area contributed by atoms with Gasteiger partial charge in [-0.2, -0.15) is 0 Å². The van der Waals surface area contributed by atoms with E-state index in [1.807, 2.05) is 0 Å². The zero-order chi connectivity index (χ0) is 12.2. The molecule has 0 amide bonds. The molecule has 0 heterocycles. The second kappa shape index (κ2) is 6.04. The van der Waals surface area contributed by atoms with Crippen LogP contribution < -0.4 is 0 Å². The van der Waals surface area contributed by atoms with Gasteiger partial charge in [0, 0.05) is 13.6 Å². The Labute approximate surface area is 107 Å². The Morgan fingerprint density at radius 2 is 2.25 bits per heavy atom. The molecule has 3 atom stereocenters. The van der Waals surface area contributed by atoms with Gasteiger partial charge in [0.2, 0.25) is 0 Å². The normalized spacial score (nSPS) is 35.4. The summed E-state index contributed by atoms with van der Waals surface area (Å²) in [5.74, 6) is 1.57. The summed E-state index contributed by atoms with van der Waals surface area (Å²) >= 11 is 4.92. The van der Waals surface area contributed by atoms with Gasteiger partial charge in [-0.3, -0.25) is 0 Å². The molecular formula is C13H24BNS. The Balaban J connectivity index is 2.50. The Morgan fingerprint density at radius 1 is 1.56 bits per heavy atom. The smallest absolute Gasteiger partial charge is 0.0742 e. The molecule has 0 N–H and O–H groups in total. The van der Waals surface area contributed by atoms with E-state index in [4.69, 9.17) is 20.1 Å². The van der Waals surface area contributed by atoms with Gasteiger partial charge in [0.25, 0.3) is 0 Å². The molecule has 0 spiro atoms. The predicted molar refractivity (Wildman–Crippen MR) is 76.1 cm³/mol. The minimum absolute atomic E-state index is 0.0473. The first kappa shape index (κ1) is 14.0. The van der Waals surface area contributed by atoms with Crippen LogP contribution in [0.1, 0.15) is 46.0 Å². The van der Waals surface area contributed by atoms with Gasteiger partial charge in [-0.25, -0.2) is 0 Å².